The van der Waals surface area contributed by atoms with Crippen LogP contribution < -0.4 is 16.3 Å². The Balaban J connectivity index is 1.68. The maximum Gasteiger partial charge on any atom is 0.406 e. The predicted molar refractivity (Wildman–Crippen MR) is 98.1 cm³/mol. The van der Waals surface area contributed by atoms with Crippen molar-refractivity contribution in [2.24, 2.45) is 5.92 Å². The van der Waals surface area contributed by atoms with Gasteiger partial charge in [-0.1, -0.05) is 0 Å². The van der Waals surface area contributed by atoms with E-state index in [-0.39, 0.29) is 19.3 Å². The first-order valence-corrected chi connectivity index (χ1v) is 10.7. The molecule has 3 N–H and O–H groups in total. The van der Waals surface area contributed by atoms with Gasteiger partial charge in [0.25, 0.3) is 5.56 Å². The van der Waals surface area contributed by atoms with E-state index in [2.05, 4.69) is 10.1 Å². The molecule has 0 aliphatic carbocycles. The molecule has 0 spiro atoms. The highest BCUT2D eigenvalue weighted by Crippen LogP contribution is 2.50. The topological polar surface area (TPSA) is 158 Å². The number of aromatic nitrogens is 2. The molecule has 13 heteroatoms. The summed E-state index contributed by atoms with van der Waals surface area (Å²) in [6, 6.07) is 0.188. The maximum atomic E-state index is 12.8. The lowest BCUT2D eigenvalue weighted by Gasteiger charge is -2.23. The largest absolute Gasteiger partial charge is 0.462 e. The van der Waals surface area contributed by atoms with Gasteiger partial charge in [0.1, 0.15) is 12.1 Å². The molecule has 2 aliphatic rings. The van der Waals surface area contributed by atoms with Crippen LogP contribution in [0.4, 0.5) is 0 Å². The number of carbonyl (C=O) groups excluding carboxylic acids is 1. The normalized spacial score (nSPS) is 33.1. The molecule has 1 aromatic heterocycles. The molecule has 12 nitrogen and oxygen atoms in total. The van der Waals surface area contributed by atoms with Gasteiger partial charge in [-0.15, -0.1) is 0 Å². The lowest BCUT2D eigenvalue weighted by atomic mass is 9.99. The smallest absolute Gasteiger partial charge is 0.406 e. The van der Waals surface area contributed by atoms with Crippen molar-refractivity contribution in [3.05, 3.63) is 33.1 Å². The number of ether oxygens (including phenoxy) is 2. The van der Waals surface area contributed by atoms with Crippen molar-refractivity contribution in [1.82, 2.24) is 14.6 Å². The Bertz CT molecular complexity index is 913. The number of aliphatic hydroxyl groups excluding tert-OH is 1. The number of carbonyl (C=O) groups is 1. The van der Waals surface area contributed by atoms with E-state index >= 15 is 0 Å². The van der Waals surface area contributed by atoms with E-state index in [4.69, 9.17) is 18.5 Å². The van der Waals surface area contributed by atoms with Crippen LogP contribution in [0.15, 0.2) is 21.9 Å². The van der Waals surface area contributed by atoms with Crippen LogP contribution in [-0.4, -0.2) is 58.2 Å². The average Bonchev–Trinajstić information content (AvgIpc) is 2.83. The lowest BCUT2D eigenvalue weighted by molar-refractivity contribution is -0.149. The van der Waals surface area contributed by atoms with Crippen molar-refractivity contribution in [3.63, 3.8) is 0 Å². The number of hydrogen-bond acceptors (Lipinski definition) is 9. The number of esters is 1. The zero-order valence-electron chi connectivity index (χ0n) is 16.1. The van der Waals surface area contributed by atoms with Crippen LogP contribution in [0.25, 0.3) is 0 Å². The minimum Gasteiger partial charge on any atom is -0.462 e. The van der Waals surface area contributed by atoms with Gasteiger partial charge >= 0.3 is 19.4 Å². The number of aliphatic hydroxyl groups is 1. The number of rotatable bonds is 5. The third kappa shape index (κ3) is 4.85. The number of aromatic amines is 1. The second-order valence-electron chi connectivity index (χ2n) is 7.16. The summed E-state index contributed by atoms with van der Waals surface area (Å²) in [5.41, 5.74) is -1.30. The third-order valence-electron chi connectivity index (χ3n) is 4.55. The number of hydrogen-bond donors (Lipinski definition) is 3. The quantitative estimate of drug-likeness (QED) is 0.408. The van der Waals surface area contributed by atoms with E-state index in [1.807, 2.05) is 0 Å². The Morgan fingerprint density at radius 2 is 2.03 bits per heavy atom. The second-order valence-corrected chi connectivity index (χ2v) is 8.93. The van der Waals surface area contributed by atoms with Gasteiger partial charge in [-0.3, -0.25) is 28.2 Å². The summed E-state index contributed by atoms with van der Waals surface area (Å²) >= 11 is 0. The number of H-pyrrole nitrogens is 1. The van der Waals surface area contributed by atoms with Gasteiger partial charge in [0.15, 0.2) is 6.23 Å². The Labute approximate surface area is 165 Å². The van der Waals surface area contributed by atoms with Crippen LogP contribution in [0.1, 0.15) is 27.0 Å². The average molecular weight is 433 g/mol. The third-order valence-corrected chi connectivity index (χ3v) is 6.23. The lowest BCUT2D eigenvalue weighted by Crippen LogP contribution is -2.37. The van der Waals surface area contributed by atoms with Crippen molar-refractivity contribution < 1.29 is 33.0 Å². The summed E-state index contributed by atoms with van der Waals surface area (Å²) < 4.78 is 35.4. The summed E-state index contributed by atoms with van der Waals surface area (Å²) in [7, 11) is -3.86. The molecule has 29 heavy (non-hydrogen) atoms. The van der Waals surface area contributed by atoms with E-state index in [1.165, 1.54) is 13.1 Å². The first-order chi connectivity index (χ1) is 13.6. The van der Waals surface area contributed by atoms with Gasteiger partial charge < -0.3 is 14.6 Å². The van der Waals surface area contributed by atoms with Crippen LogP contribution in [-0.2, 0) is 27.9 Å². The highest BCUT2D eigenvalue weighted by atomic mass is 31.2. The Hall–Kier alpha value is -1.82. The van der Waals surface area contributed by atoms with Crippen LogP contribution in [0, 0.1) is 5.92 Å². The van der Waals surface area contributed by atoms with Crippen molar-refractivity contribution in [3.8, 4) is 0 Å². The van der Waals surface area contributed by atoms with Gasteiger partial charge in [-0.05, 0) is 20.8 Å². The minimum atomic E-state index is -3.86. The minimum absolute atomic E-state index is 0.198. The summed E-state index contributed by atoms with van der Waals surface area (Å²) in [5, 5.41) is 13.1. The molecule has 2 saturated heterocycles. The predicted octanol–water partition coefficient (Wildman–Crippen LogP) is -0.504. The molecule has 0 unspecified atom stereocenters. The van der Waals surface area contributed by atoms with E-state index in [1.54, 1.807) is 13.8 Å². The first-order valence-electron chi connectivity index (χ1n) is 9.12. The standard InChI is InChI=1S/C16H24N3O9P/c1-8(2)27-15(22)9(3)18-29(24)25-6-10-11(7-26-29)28-14(13(10)21)19-5-4-12(20)17-16(19)23/h4-5,8-11,13-14,21H,6-7H2,1-3H3,(H,18,24)(H,17,20,23)/t9-,10+,11+,13+,14+,29+/m0/s1. The fraction of sp³-hybridized carbons (Fsp3) is 0.688. The number of nitrogens with zero attached hydrogens (tertiary/aromatic N) is 1. The van der Waals surface area contributed by atoms with Gasteiger partial charge in [0.05, 0.1) is 25.4 Å². The van der Waals surface area contributed by atoms with Gasteiger partial charge in [-0.2, -0.15) is 0 Å². The molecule has 0 bridgehead atoms. The van der Waals surface area contributed by atoms with Crippen molar-refractivity contribution in [1.29, 1.82) is 0 Å². The van der Waals surface area contributed by atoms with E-state index in [0.717, 1.165) is 10.6 Å². The molecule has 2 aliphatic heterocycles. The zero-order valence-corrected chi connectivity index (χ0v) is 17.0. The van der Waals surface area contributed by atoms with Crippen LogP contribution in [0.3, 0.4) is 0 Å². The number of nitrogens with one attached hydrogen (secondary N) is 2. The van der Waals surface area contributed by atoms with Crippen LogP contribution >= 0.6 is 7.75 Å². The van der Waals surface area contributed by atoms with Crippen molar-refractivity contribution in [2.45, 2.75) is 51.4 Å². The molecular formula is C16H24N3O9P. The molecule has 162 valence electrons. The van der Waals surface area contributed by atoms with E-state index in [9.17, 15) is 24.1 Å². The second kappa shape index (κ2) is 8.50. The molecular weight excluding hydrogens is 409 g/mol. The fourth-order valence-corrected chi connectivity index (χ4v) is 4.63. The maximum absolute atomic E-state index is 12.8. The Morgan fingerprint density at radius 3 is 2.69 bits per heavy atom. The molecule has 3 heterocycles. The van der Waals surface area contributed by atoms with Crippen molar-refractivity contribution >= 4 is 13.7 Å². The monoisotopic (exact) mass is 433 g/mol. The first kappa shape index (κ1) is 21.9. The molecule has 0 amide bonds. The molecule has 1 aromatic rings. The molecule has 3 rings (SSSR count). The summed E-state index contributed by atoms with van der Waals surface area (Å²) in [4.78, 5) is 37.2. The highest BCUT2D eigenvalue weighted by molar-refractivity contribution is 7.51. The zero-order chi connectivity index (χ0) is 21.3. The van der Waals surface area contributed by atoms with Crippen molar-refractivity contribution in [2.75, 3.05) is 13.2 Å². The molecule has 0 radical (unpaired) electrons. The summed E-state index contributed by atoms with van der Waals surface area (Å²) in [5.74, 6) is -1.25. The Kier molecular flexibility index (Phi) is 6.42. The van der Waals surface area contributed by atoms with E-state index < -0.39 is 55.4 Å². The van der Waals surface area contributed by atoms with Gasteiger partial charge in [-0.25, -0.2) is 14.4 Å². The molecule has 2 fully saturated rings. The molecule has 0 aromatic carbocycles. The van der Waals surface area contributed by atoms with Gasteiger partial charge in [0.2, 0.25) is 0 Å². The SMILES string of the molecule is CC(C)OC(=O)[C@H](C)N[P@@]1(=O)OC[C@H]2[C@@H](O)[C@H](n3ccc(=O)[nH]c3=O)O[C@@H]2CO1. The highest BCUT2D eigenvalue weighted by Gasteiger charge is 2.49. The molecule has 0 saturated carbocycles. The Morgan fingerprint density at radius 1 is 1.34 bits per heavy atom. The molecule has 6 atom stereocenters. The van der Waals surface area contributed by atoms with Crippen LogP contribution in [0.2, 0.25) is 0 Å². The summed E-state index contributed by atoms with van der Waals surface area (Å²) in [6.45, 7) is 4.45. The van der Waals surface area contributed by atoms with Gasteiger partial charge in [0, 0.05) is 18.2 Å². The number of fused-ring (bicyclic) bond motifs is 1. The fourth-order valence-electron chi connectivity index (χ4n) is 3.11. The van der Waals surface area contributed by atoms with Crippen LogP contribution in [0.5, 0.6) is 0 Å². The van der Waals surface area contributed by atoms with E-state index in [0.29, 0.717) is 0 Å². The summed E-state index contributed by atoms with van der Waals surface area (Å²) in [6.07, 6.45) is -2.07.